The Hall–Kier alpha value is -1.64. The summed E-state index contributed by atoms with van der Waals surface area (Å²) in [6.45, 7) is 5.98. The molecule has 0 saturated heterocycles. The van der Waals surface area contributed by atoms with Gasteiger partial charge in [0.1, 0.15) is 5.69 Å². The molecule has 0 spiro atoms. The second-order valence-corrected chi connectivity index (χ2v) is 4.80. The van der Waals surface area contributed by atoms with Crippen molar-refractivity contribution in [3.8, 4) is 5.75 Å². The van der Waals surface area contributed by atoms with E-state index in [4.69, 9.17) is 4.74 Å². The third kappa shape index (κ3) is 2.93. The van der Waals surface area contributed by atoms with Gasteiger partial charge in [-0.1, -0.05) is 20.8 Å². The van der Waals surface area contributed by atoms with Crippen LogP contribution >= 0.6 is 0 Å². The molecule has 0 saturated carbocycles. The van der Waals surface area contributed by atoms with E-state index in [0.717, 1.165) is 5.56 Å². The number of methoxy groups -OCH3 is 1. The topological polar surface area (TPSA) is 58.9 Å². The first-order valence-electron chi connectivity index (χ1n) is 5.34. The van der Waals surface area contributed by atoms with Crippen LogP contribution in [0.5, 0.6) is 5.75 Å². The SMILES string of the molecule is COc1c(CO)cc(C(C)(C)C)cc1N=C=O. The first-order chi connectivity index (χ1) is 7.93. The molecule has 0 radical (unpaired) electrons. The molecular formula is C13H17NO3. The van der Waals surface area contributed by atoms with E-state index < -0.39 is 0 Å². The van der Waals surface area contributed by atoms with Gasteiger partial charge in [-0.15, -0.1) is 0 Å². The second kappa shape index (κ2) is 5.13. The fourth-order valence-corrected chi connectivity index (χ4v) is 1.59. The number of aliphatic hydroxyl groups is 1. The summed E-state index contributed by atoms with van der Waals surface area (Å²) in [5.74, 6) is 0.420. The largest absolute Gasteiger partial charge is 0.494 e. The molecule has 0 aliphatic carbocycles. The second-order valence-electron chi connectivity index (χ2n) is 4.80. The lowest BCUT2D eigenvalue weighted by Gasteiger charge is -2.21. The monoisotopic (exact) mass is 235 g/mol. The molecule has 17 heavy (non-hydrogen) atoms. The Bertz CT molecular complexity index is 454. The van der Waals surface area contributed by atoms with Crippen molar-refractivity contribution < 1.29 is 14.6 Å². The van der Waals surface area contributed by atoms with E-state index in [-0.39, 0.29) is 12.0 Å². The number of nitrogens with zero attached hydrogens (tertiary/aromatic N) is 1. The standard InChI is InChI=1S/C13H17NO3/c1-13(2,3)10-5-9(7-15)12(17-4)11(6-10)14-8-16/h5-6,15H,7H2,1-4H3. The highest BCUT2D eigenvalue weighted by molar-refractivity contribution is 5.63. The molecule has 0 atom stereocenters. The molecule has 1 aromatic rings. The fourth-order valence-electron chi connectivity index (χ4n) is 1.59. The van der Waals surface area contributed by atoms with E-state index >= 15 is 0 Å². The summed E-state index contributed by atoms with van der Waals surface area (Å²) in [5, 5.41) is 9.31. The maximum atomic E-state index is 10.4. The molecule has 0 aromatic heterocycles. The Kier molecular flexibility index (Phi) is 4.05. The molecule has 0 bridgehead atoms. The Morgan fingerprint density at radius 2 is 2.06 bits per heavy atom. The third-order valence-electron chi connectivity index (χ3n) is 2.55. The summed E-state index contributed by atoms with van der Waals surface area (Å²) in [5.41, 5.74) is 1.91. The minimum atomic E-state index is -0.158. The maximum Gasteiger partial charge on any atom is 0.240 e. The number of isocyanates is 1. The fraction of sp³-hybridized carbons (Fsp3) is 0.462. The van der Waals surface area contributed by atoms with Crippen molar-refractivity contribution in [2.75, 3.05) is 7.11 Å². The normalized spacial score (nSPS) is 10.9. The summed E-state index contributed by atoms with van der Waals surface area (Å²) >= 11 is 0. The van der Waals surface area contributed by atoms with E-state index in [9.17, 15) is 9.90 Å². The Morgan fingerprint density at radius 3 is 2.47 bits per heavy atom. The average molecular weight is 235 g/mol. The third-order valence-corrected chi connectivity index (χ3v) is 2.55. The molecule has 0 heterocycles. The van der Waals surface area contributed by atoms with Crippen molar-refractivity contribution in [1.29, 1.82) is 0 Å². The molecular weight excluding hydrogens is 218 g/mol. The lowest BCUT2D eigenvalue weighted by molar-refractivity contribution is 0.273. The van der Waals surface area contributed by atoms with Crippen LogP contribution in [0.25, 0.3) is 0 Å². The quantitative estimate of drug-likeness (QED) is 0.646. The molecule has 92 valence electrons. The zero-order chi connectivity index (χ0) is 13.1. The number of hydrogen-bond donors (Lipinski definition) is 1. The lowest BCUT2D eigenvalue weighted by Crippen LogP contribution is -2.12. The number of carbonyl (C=O) groups excluding carboxylic acids is 1. The molecule has 4 nitrogen and oxygen atoms in total. The van der Waals surface area contributed by atoms with Gasteiger partial charge in [-0.25, -0.2) is 4.79 Å². The van der Waals surface area contributed by atoms with Crippen LogP contribution in [0.4, 0.5) is 5.69 Å². The molecule has 1 N–H and O–H groups in total. The molecule has 0 unspecified atom stereocenters. The number of hydrogen-bond acceptors (Lipinski definition) is 4. The van der Waals surface area contributed by atoms with Crippen molar-refractivity contribution >= 4 is 11.8 Å². The van der Waals surface area contributed by atoms with Gasteiger partial charge in [0.05, 0.1) is 13.7 Å². The van der Waals surface area contributed by atoms with Crippen molar-refractivity contribution in [1.82, 2.24) is 0 Å². The first-order valence-corrected chi connectivity index (χ1v) is 5.34. The van der Waals surface area contributed by atoms with E-state index in [2.05, 4.69) is 4.99 Å². The summed E-state index contributed by atoms with van der Waals surface area (Å²) < 4.78 is 5.15. The van der Waals surface area contributed by atoms with Gasteiger partial charge in [0.15, 0.2) is 5.75 Å². The van der Waals surface area contributed by atoms with Gasteiger partial charge in [-0.3, -0.25) is 0 Å². The molecule has 4 heteroatoms. The minimum Gasteiger partial charge on any atom is -0.494 e. The summed E-state index contributed by atoms with van der Waals surface area (Å²) in [4.78, 5) is 14.0. The average Bonchev–Trinajstić information content (AvgIpc) is 2.27. The molecule has 0 aliphatic rings. The molecule has 1 rings (SSSR count). The smallest absolute Gasteiger partial charge is 0.240 e. The van der Waals surface area contributed by atoms with Gasteiger partial charge in [-0.2, -0.15) is 4.99 Å². The van der Waals surface area contributed by atoms with E-state index in [1.54, 1.807) is 6.07 Å². The van der Waals surface area contributed by atoms with Crippen LogP contribution in [-0.2, 0) is 16.8 Å². The highest BCUT2D eigenvalue weighted by atomic mass is 16.5. The van der Waals surface area contributed by atoms with Gasteiger partial charge >= 0.3 is 0 Å². The Morgan fingerprint density at radius 1 is 1.41 bits per heavy atom. The van der Waals surface area contributed by atoms with E-state index in [0.29, 0.717) is 17.0 Å². The van der Waals surface area contributed by atoms with Gasteiger partial charge in [-0.05, 0) is 23.1 Å². The van der Waals surface area contributed by atoms with Gasteiger partial charge in [0, 0.05) is 5.56 Å². The first kappa shape index (κ1) is 13.4. The van der Waals surface area contributed by atoms with Crippen molar-refractivity contribution in [3.63, 3.8) is 0 Å². The van der Waals surface area contributed by atoms with Crippen molar-refractivity contribution in [2.24, 2.45) is 4.99 Å². The predicted octanol–water partition coefficient (Wildman–Crippen LogP) is 2.45. The van der Waals surface area contributed by atoms with Crippen LogP contribution in [-0.4, -0.2) is 18.3 Å². The van der Waals surface area contributed by atoms with Crippen LogP contribution in [0, 0.1) is 0 Å². The zero-order valence-corrected chi connectivity index (χ0v) is 10.6. The van der Waals surface area contributed by atoms with Gasteiger partial charge in [0.25, 0.3) is 0 Å². The van der Waals surface area contributed by atoms with Crippen LogP contribution in [0.1, 0.15) is 31.9 Å². The van der Waals surface area contributed by atoms with Crippen LogP contribution < -0.4 is 4.74 Å². The maximum absolute atomic E-state index is 10.4. The summed E-state index contributed by atoms with van der Waals surface area (Å²) in [6.07, 6.45) is 1.50. The van der Waals surface area contributed by atoms with E-state index in [1.807, 2.05) is 26.8 Å². The molecule has 1 aromatic carbocycles. The highest BCUT2D eigenvalue weighted by Gasteiger charge is 2.19. The van der Waals surface area contributed by atoms with Crippen molar-refractivity contribution in [3.05, 3.63) is 23.3 Å². The number of rotatable bonds is 3. The Labute approximate surface area is 101 Å². The number of aliphatic imine (C=N–C) groups is 1. The lowest BCUT2D eigenvalue weighted by atomic mass is 9.85. The van der Waals surface area contributed by atoms with Gasteiger partial charge < -0.3 is 9.84 Å². The Balaban J connectivity index is 3.50. The van der Waals surface area contributed by atoms with Crippen LogP contribution in [0.3, 0.4) is 0 Å². The number of aliphatic hydroxyl groups excluding tert-OH is 1. The number of ether oxygens (including phenoxy) is 1. The number of benzene rings is 1. The zero-order valence-electron chi connectivity index (χ0n) is 10.6. The van der Waals surface area contributed by atoms with Gasteiger partial charge in [0.2, 0.25) is 6.08 Å². The minimum absolute atomic E-state index is 0.0939. The summed E-state index contributed by atoms with van der Waals surface area (Å²) in [6, 6.07) is 3.64. The van der Waals surface area contributed by atoms with E-state index in [1.165, 1.54) is 13.2 Å². The molecule has 0 aliphatic heterocycles. The summed E-state index contributed by atoms with van der Waals surface area (Å²) in [7, 11) is 1.48. The predicted molar refractivity (Wildman–Crippen MR) is 65.4 cm³/mol. The molecule has 0 amide bonds. The molecule has 0 fully saturated rings. The highest BCUT2D eigenvalue weighted by Crippen LogP contribution is 2.36. The van der Waals surface area contributed by atoms with Crippen LogP contribution in [0.2, 0.25) is 0 Å². The van der Waals surface area contributed by atoms with Crippen LogP contribution in [0.15, 0.2) is 17.1 Å². The van der Waals surface area contributed by atoms with Crippen molar-refractivity contribution in [2.45, 2.75) is 32.8 Å².